The van der Waals surface area contributed by atoms with Gasteiger partial charge in [-0.15, -0.1) is 0 Å². The van der Waals surface area contributed by atoms with Crippen molar-refractivity contribution in [2.75, 3.05) is 16.2 Å². The van der Waals surface area contributed by atoms with E-state index in [0.717, 1.165) is 25.5 Å². The highest BCUT2D eigenvalue weighted by molar-refractivity contribution is 7.92. The van der Waals surface area contributed by atoms with Crippen molar-refractivity contribution in [3.63, 3.8) is 0 Å². The molecule has 2 bridgehead atoms. The summed E-state index contributed by atoms with van der Waals surface area (Å²) < 4.78 is 27.6. The predicted molar refractivity (Wildman–Crippen MR) is 98.8 cm³/mol. The summed E-state index contributed by atoms with van der Waals surface area (Å²) >= 11 is 0. The van der Waals surface area contributed by atoms with Gasteiger partial charge in [-0.1, -0.05) is 18.2 Å². The summed E-state index contributed by atoms with van der Waals surface area (Å²) in [7, 11) is -3.89. The zero-order chi connectivity index (χ0) is 18.3. The first-order chi connectivity index (χ1) is 12.4. The highest BCUT2D eigenvalue weighted by atomic mass is 32.2. The van der Waals surface area contributed by atoms with Crippen LogP contribution in [-0.4, -0.2) is 25.9 Å². The van der Waals surface area contributed by atoms with Gasteiger partial charge in [-0.2, -0.15) is 0 Å². The number of nitrogens with one attached hydrogen (secondary N) is 1. The third-order valence-electron chi connectivity index (χ3n) is 5.20. The van der Waals surface area contributed by atoms with Crippen molar-refractivity contribution in [2.45, 2.75) is 30.2 Å². The standard InChI is InChI=1S/C18H19N3O4S/c22-21(23)18-11-16(26(24,25)19-14-4-2-1-3-5-14)8-9-17(18)20-12-13-6-7-15(20)10-13/h1-5,8-9,11,13,15,19H,6-7,10,12H2. The van der Waals surface area contributed by atoms with E-state index < -0.39 is 14.9 Å². The number of hydrogen-bond acceptors (Lipinski definition) is 5. The zero-order valence-electron chi connectivity index (χ0n) is 14.0. The monoisotopic (exact) mass is 373 g/mol. The molecule has 26 heavy (non-hydrogen) atoms. The Morgan fingerprint density at radius 3 is 2.50 bits per heavy atom. The number of nitrogens with zero attached hydrogens (tertiary/aromatic N) is 2. The number of hydrogen-bond donors (Lipinski definition) is 1. The van der Waals surface area contributed by atoms with E-state index in [1.807, 2.05) is 0 Å². The van der Waals surface area contributed by atoms with E-state index >= 15 is 0 Å². The van der Waals surface area contributed by atoms with Crippen molar-refractivity contribution in [2.24, 2.45) is 5.92 Å². The molecule has 2 unspecified atom stereocenters. The highest BCUT2D eigenvalue weighted by Crippen LogP contribution is 2.43. The molecular weight excluding hydrogens is 354 g/mol. The number of para-hydroxylation sites is 1. The molecule has 1 heterocycles. The van der Waals surface area contributed by atoms with Gasteiger partial charge in [0.15, 0.2) is 0 Å². The summed E-state index contributed by atoms with van der Waals surface area (Å²) in [6.07, 6.45) is 3.27. The van der Waals surface area contributed by atoms with Gasteiger partial charge in [0, 0.05) is 24.3 Å². The van der Waals surface area contributed by atoms with Crippen LogP contribution in [0, 0.1) is 16.0 Å². The molecular formula is C18H19N3O4S. The summed E-state index contributed by atoms with van der Waals surface area (Å²) in [5, 5.41) is 11.6. The number of fused-ring (bicyclic) bond motifs is 2. The molecule has 0 spiro atoms. The van der Waals surface area contributed by atoms with Crippen LogP contribution in [0.15, 0.2) is 53.4 Å². The van der Waals surface area contributed by atoms with Gasteiger partial charge in [-0.3, -0.25) is 14.8 Å². The minimum Gasteiger partial charge on any atom is -0.363 e. The third kappa shape index (κ3) is 3.01. The highest BCUT2D eigenvalue weighted by Gasteiger charge is 2.40. The molecule has 8 heteroatoms. The Kier molecular flexibility index (Phi) is 4.07. The lowest BCUT2D eigenvalue weighted by molar-refractivity contribution is -0.384. The van der Waals surface area contributed by atoms with E-state index in [0.29, 0.717) is 23.3 Å². The van der Waals surface area contributed by atoms with E-state index in [9.17, 15) is 18.5 Å². The number of anilines is 2. The second-order valence-electron chi connectivity index (χ2n) is 6.86. The Bertz CT molecular complexity index is 946. The lowest BCUT2D eigenvalue weighted by Gasteiger charge is -2.28. The SMILES string of the molecule is O=[N+]([O-])c1cc(S(=O)(=O)Nc2ccccc2)ccc1N1CC2CCC1C2. The topological polar surface area (TPSA) is 92.5 Å². The molecule has 136 valence electrons. The van der Waals surface area contributed by atoms with Crippen molar-refractivity contribution in [3.05, 3.63) is 58.6 Å². The summed E-state index contributed by atoms with van der Waals surface area (Å²) in [5.74, 6) is 0.586. The van der Waals surface area contributed by atoms with Gasteiger partial charge in [-0.05, 0) is 49.4 Å². The fraction of sp³-hybridized carbons (Fsp3) is 0.333. The van der Waals surface area contributed by atoms with Crippen LogP contribution >= 0.6 is 0 Å². The van der Waals surface area contributed by atoms with Crippen molar-refractivity contribution < 1.29 is 13.3 Å². The molecule has 2 aliphatic rings. The molecule has 7 nitrogen and oxygen atoms in total. The molecule has 2 fully saturated rings. The van der Waals surface area contributed by atoms with Gasteiger partial charge in [-0.25, -0.2) is 8.42 Å². The summed E-state index contributed by atoms with van der Waals surface area (Å²) in [6.45, 7) is 0.805. The fourth-order valence-electron chi connectivity index (χ4n) is 4.00. The summed E-state index contributed by atoms with van der Waals surface area (Å²) in [6, 6.07) is 13.0. The smallest absolute Gasteiger partial charge is 0.293 e. The molecule has 2 atom stereocenters. The fourth-order valence-corrected chi connectivity index (χ4v) is 5.08. The van der Waals surface area contributed by atoms with Crippen molar-refractivity contribution in [1.82, 2.24) is 0 Å². The van der Waals surface area contributed by atoms with Crippen LogP contribution in [0.5, 0.6) is 0 Å². The molecule has 1 aliphatic carbocycles. The van der Waals surface area contributed by atoms with Crippen LogP contribution in [0.2, 0.25) is 0 Å². The van der Waals surface area contributed by atoms with E-state index in [2.05, 4.69) is 9.62 Å². The second kappa shape index (κ2) is 6.28. The van der Waals surface area contributed by atoms with Crippen LogP contribution in [0.3, 0.4) is 0 Å². The molecule has 0 aromatic heterocycles. The number of sulfonamides is 1. The molecule has 1 aliphatic heterocycles. The van der Waals surface area contributed by atoms with Crippen LogP contribution < -0.4 is 9.62 Å². The maximum absolute atomic E-state index is 12.6. The van der Waals surface area contributed by atoms with Crippen molar-refractivity contribution >= 4 is 27.1 Å². The zero-order valence-corrected chi connectivity index (χ0v) is 14.9. The van der Waals surface area contributed by atoms with Gasteiger partial charge < -0.3 is 4.90 Å². The number of piperidine rings is 1. The Labute approximate surface area is 151 Å². The van der Waals surface area contributed by atoms with E-state index in [1.165, 1.54) is 12.5 Å². The minimum atomic E-state index is -3.89. The Balaban J connectivity index is 1.68. The van der Waals surface area contributed by atoms with E-state index in [1.54, 1.807) is 36.4 Å². The van der Waals surface area contributed by atoms with Gasteiger partial charge in [0.25, 0.3) is 15.7 Å². The first-order valence-electron chi connectivity index (χ1n) is 8.57. The van der Waals surface area contributed by atoms with Crippen LogP contribution in [0.25, 0.3) is 0 Å². The molecule has 1 saturated heterocycles. The average Bonchev–Trinajstić information content (AvgIpc) is 3.25. The number of benzene rings is 2. The quantitative estimate of drug-likeness (QED) is 0.641. The molecule has 2 aromatic carbocycles. The number of nitro groups is 1. The largest absolute Gasteiger partial charge is 0.363 e. The third-order valence-corrected chi connectivity index (χ3v) is 6.58. The van der Waals surface area contributed by atoms with Crippen LogP contribution in [0.1, 0.15) is 19.3 Å². The van der Waals surface area contributed by atoms with Gasteiger partial charge in [0.05, 0.1) is 9.82 Å². The summed E-state index contributed by atoms with van der Waals surface area (Å²) in [5.41, 5.74) is 0.769. The average molecular weight is 373 g/mol. The molecule has 1 saturated carbocycles. The Hall–Kier alpha value is -2.61. The molecule has 0 radical (unpaired) electrons. The molecule has 1 N–H and O–H groups in total. The first kappa shape index (κ1) is 16.8. The second-order valence-corrected chi connectivity index (χ2v) is 8.55. The first-order valence-corrected chi connectivity index (χ1v) is 10.1. The Morgan fingerprint density at radius 2 is 1.88 bits per heavy atom. The van der Waals surface area contributed by atoms with Crippen molar-refractivity contribution in [1.29, 1.82) is 0 Å². The normalized spacial score (nSPS) is 21.8. The molecule has 4 rings (SSSR count). The van der Waals surface area contributed by atoms with Crippen molar-refractivity contribution in [3.8, 4) is 0 Å². The summed E-state index contributed by atoms with van der Waals surface area (Å²) in [4.78, 5) is 13.0. The van der Waals surface area contributed by atoms with Crippen LogP contribution in [0.4, 0.5) is 17.1 Å². The molecule has 2 aromatic rings. The minimum absolute atomic E-state index is 0.110. The number of nitro benzene ring substituents is 1. The van der Waals surface area contributed by atoms with Gasteiger partial charge in [0.1, 0.15) is 5.69 Å². The van der Waals surface area contributed by atoms with Gasteiger partial charge >= 0.3 is 0 Å². The number of rotatable bonds is 5. The Morgan fingerprint density at radius 1 is 1.12 bits per heavy atom. The molecule has 0 amide bonds. The lowest BCUT2D eigenvalue weighted by Crippen LogP contribution is -2.32. The van der Waals surface area contributed by atoms with Gasteiger partial charge in [0.2, 0.25) is 0 Å². The maximum Gasteiger partial charge on any atom is 0.293 e. The van der Waals surface area contributed by atoms with E-state index in [4.69, 9.17) is 0 Å². The predicted octanol–water partition coefficient (Wildman–Crippen LogP) is 3.38. The lowest BCUT2D eigenvalue weighted by atomic mass is 10.1. The van der Waals surface area contributed by atoms with E-state index in [-0.39, 0.29) is 10.6 Å². The van der Waals surface area contributed by atoms with Crippen LogP contribution in [-0.2, 0) is 10.0 Å². The maximum atomic E-state index is 12.6.